The largest absolute Gasteiger partial charge is 0.361 e. The average molecular weight is 340 g/mol. The van der Waals surface area contributed by atoms with E-state index in [1.165, 1.54) is 0 Å². The van der Waals surface area contributed by atoms with Crippen molar-refractivity contribution >= 4 is 23.5 Å². The molecule has 1 N–H and O–H groups in total. The topological polar surface area (TPSA) is 73.0 Å². The summed E-state index contributed by atoms with van der Waals surface area (Å²) in [4.78, 5) is 12.2. The highest BCUT2D eigenvalue weighted by atomic mass is 32.2. The van der Waals surface area contributed by atoms with E-state index >= 15 is 0 Å². The standard InChI is InChI=1S/C17H16N4O2S/c1-10-15(11(2)23-20-10)16-13-8-18-21(12-6-4-3-5-7-12)17(13)19-14(22)9-24-16/h3-8,16H,9H2,1-2H3,(H,19,22)/t16-/m1/s1. The Balaban J connectivity index is 1.88. The smallest absolute Gasteiger partial charge is 0.235 e. The molecular formula is C17H16N4O2S. The molecule has 0 saturated carbocycles. The van der Waals surface area contributed by atoms with Crippen LogP contribution in [0.25, 0.3) is 5.69 Å². The van der Waals surface area contributed by atoms with E-state index in [4.69, 9.17) is 4.52 Å². The number of carbonyl (C=O) groups excluding carboxylic acids is 1. The molecule has 7 heteroatoms. The fraction of sp³-hybridized carbons (Fsp3) is 0.235. The number of nitrogens with zero attached hydrogens (tertiary/aromatic N) is 3. The number of hydrogen-bond donors (Lipinski definition) is 1. The molecule has 1 aliphatic rings. The molecule has 0 spiro atoms. The first-order chi connectivity index (χ1) is 11.6. The van der Waals surface area contributed by atoms with Gasteiger partial charge in [-0.1, -0.05) is 23.4 Å². The maximum absolute atomic E-state index is 12.2. The number of para-hydroxylation sites is 1. The number of rotatable bonds is 2. The second-order valence-corrected chi connectivity index (χ2v) is 6.77. The number of thioether (sulfide) groups is 1. The summed E-state index contributed by atoms with van der Waals surface area (Å²) in [6.07, 6.45) is 1.82. The number of anilines is 1. The molecule has 1 atom stereocenters. The van der Waals surface area contributed by atoms with Crippen LogP contribution in [0.1, 0.15) is 27.8 Å². The Morgan fingerprint density at radius 3 is 2.79 bits per heavy atom. The fourth-order valence-electron chi connectivity index (χ4n) is 2.96. The lowest BCUT2D eigenvalue weighted by atomic mass is 10.1. The number of aromatic nitrogens is 3. The molecule has 1 aromatic carbocycles. The zero-order valence-corrected chi connectivity index (χ0v) is 14.1. The van der Waals surface area contributed by atoms with E-state index in [1.807, 2.05) is 50.4 Å². The van der Waals surface area contributed by atoms with Gasteiger partial charge < -0.3 is 9.84 Å². The zero-order chi connectivity index (χ0) is 16.7. The van der Waals surface area contributed by atoms with E-state index in [0.717, 1.165) is 28.3 Å². The van der Waals surface area contributed by atoms with Crippen LogP contribution in [0, 0.1) is 13.8 Å². The normalized spacial score (nSPS) is 17.2. The molecule has 3 heterocycles. The SMILES string of the molecule is Cc1noc(C)c1[C@@H]1SCC(=O)Nc2c1cnn2-c1ccccc1. The van der Waals surface area contributed by atoms with Gasteiger partial charge in [0.1, 0.15) is 11.6 Å². The molecule has 0 radical (unpaired) electrons. The molecule has 0 saturated heterocycles. The van der Waals surface area contributed by atoms with Gasteiger partial charge in [0.15, 0.2) is 0 Å². The Bertz CT molecular complexity index is 881. The van der Waals surface area contributed by atoms with Gasteiger partial charge in [0, 0.05) is 11.1 Å². The third kappa shape index (κ3) is 2.41. The Morgan fingerprint density at radius 1 is 1.29 bits per heavy atom. The predicted octanol–water partition coefficient (Wildman–Crippen LogP) is 3.25. The van der Waals surface area contributed by atoms with E-state index in [0.29, 0.717) is 11.6 Å². The van der Waals surface area contributed by atoms with E-state index in [9.17, 15) is 4.79 Å². The summed E-state index contributed by atoms with van der Waals surface area (Å²) in [6, 6.07) is 9.77. The minimum atomic E-state index is -0.0392. The summed E-state index contributed by atoms with van der Waals surface area (Å²) in [6.45, 7) is 3.82. The summed E-state index contributed by atoms with van der Waals surface area (Å²) in [5.41, 5.74) is 3.73. The van der Waals surface area contributed by atoms with Gasteiger partial charge >= 0.3 is 0 Å². The van der Waals surface area contributed by atoms with E-state index in [1.54, 1.807) is 16.4 Å². The van der Waals surface area contributed by atoms with Crippen LogP contribution >= 0.6 is 11.8 Å². The van der Waals surface area contributed by atoms with Crippen molar-refractivity contribution in [1.29, 1.82) is 0 Å². The first kappa shape index (κ1) is 15.0. The third-order valence-electron chi connectivity index (χ3n) is 4.07. The van der Waals surface area contributed by atoms with Crippen molar-refractivity contribution in [3.63, 3.8) is 0 Å². The number of carbonyl (C=O) groups is 1. The number of hydrogen-bond acceptors (Lipinski definition) is 5. The van der Waals surface area contributed by atoms with Crippen LogP contribution in [-0.2, 0) is 4.79 Å². The van der Waals surface area contributed by atoms with Crippen LogP contribution in [0.5, 0.6) is 0 Å². The first-order valence-electron chi connectivity index (χ1n) is 7.62. The van der Waals surface area contributed by atoms with Crippen LogP contribution in [-0.4, -0.2) is 26.6 Å². The van der Waals surface area contributed by atoms with Crippen LogP contribution in [0.15, 0.2) is 41.1 Å². The summed E-state index contributed by atoms with van der Waals surface area (Å²) in [7, 11) is 0. The van der Waals surface area contributed by atoms with E-state index in [2.05, 4.69) is 15.6 Å². The van der Waals surface area contributed by atoms with Crippen molar-refractivity contribution in [2.75, 3.05) is 11.1 Å². The van der Waals surface area contributed by atoms with Gasteiger partial charge in [-0.2, -0.15) is 5.10 Å². The van der Waals surface area contributed by atoms with Crippen LogP contribution in [0.2, 0.25) is 0 Å². The minimum Gasteiger partial charge on any atom is -0.361 e. The quantitative estimate of drug-likeness (QED) is 0.775. The summed E-state index contributed by atoms with van der Waals surface area (Å²) < 4.78 is 7.09. The Kier molecular flexibility index (Phi) is 3.65. The van der Waals surface area contributed by atoms with Gasteiger partial charge in [-0.05, 0) is 26.0 Å². The second-order valence-electron chi connectivity index (χ2n) is 5.67. The maximum atomic E-state index is 12.2. The lowest BCUT2D eigenvalue weighted by molar-refractivity contribution is -0.113. The molecular weight excluding hydrogens is 324 g/mol. The molecule has 3 aromatic rings. The van der Waals surface area contributed by atoms with Gasteiger partial charge in [-0.15, -0.1) is 11.8 Å². The van der Waals surface area contributed by atoms with Gasteiger partial charge in [-0.3, -0.25) is 4.79 Å². The highest BCUT2D eigenvalue weighted by Gasteiger charge is 2.31. The lowest BCUT2D eigenvalue weighted by Crippen LogP contribution is -2.15. The summed E-state index contributed by atoms with van der Waals surface area (Å²) in [5, 5.41) is 11.5. The van der Waals surface area contributed by atoms with Gasteiger partial charge in [-0.25, -0.2) is 4.68 Å². The molecule has 1 aliphatic heterocycles. The molecule has 1 amide bonds. The maximum Gasteiger partial charge on any atom is 0.235 e. The molecule has 0 unspecified atom stereocenters. The molecule has 0 aliphatic carbocycles. The fourth-order valence-corrected chi connectivity index (χ4v) is 4.21. The van der Waals surface area contributed by atoms with Crippen molar-refractivity contribution in [3.05, 3.63) is 59.1 Å². The zero-order valence-electron chi connectivity index (χ0n) is 13.3. The van der Waals surface area contributed by atoms with Gasteiger partial charge in [0.05, 0.1) is 28.6 Å². The van der Waals surface area contributed by atoms with E-state index in [-0.39, 0.29) is 11.2 Å². The monoisotopic (exact) mass is 340 g/mol. The molecule has 0 fully saturated rings. The first-order valence-corrected chi connectivity index (χ1v) is 8.67. The van der Waals surface area contributed by atoms with E-state index < -0.39 is 0 Å². The van der Waals surface area contributed by atoms with Crippen molar-refractivity contribution in [2.45, 2.75) is 19.1 Å². The molecule has 24 heavy (non-hydrogen) atoms. The Hall–Kier alpha value is -2.54. The molecule has 6 nitrogen and oxygen atoms in total. The van der Waals surface area contributed by atoms with Crippen molar-refractivity contribution < 1.29 is 9.32 Å². The number of nitrogens with one attached hydrogen (secondary N) is 1. The predicted molar refractivity (Wildman–Crippen MR) is 92.5 cm³/mol. The number of benzene rings is 1. The number of amides is 1. The molecule has 0 bridgehead atoms. The van der Waals surface area contributed by atoms with Crippen LogP contribution in [0.3, 0.4) is 0 Å². The Morgan fingerprint density at radius 2 is 2.08 bits per heavy atom. The van der Waals surface area contributed by atoms with Crippen molar-refractivity contribution in [2.24, 2.45) is 0 Å². The average Bonchev–Trinajstić information content (AvgIpc) is 3.09. The number of aryl methyl sites for hydroxylation is 2. The Labute approximate surface area is 143 Å². The van der Waals surface area contributed by atoms with Gasteiger partial charge in [0.25, 0.3) is 0 Å². The third-order valence-corrected chi connectivity index (χ3v) is 5.32. The summed E-state index contributed by atoms with van der Waals surface area (Å²) >= 11 is 1.56. The summed E-state index contributed by atoms with van der Waals surface area (Å²) in [5.74, 6) is 1.82. The minimum absolute atomic E-state index is 0.0341. The highest BCUT2D eigenvalue weighted by Crippen LogP contribution is 2.44. The van der Waals surface area contributed by atoms with Crippen LogP contribution < -0.4 is 5.32 Å². The second kappa shape index (κ2) is 5.83. The molecule has 122 valence electrons. The van der Waals surface area contributed by atoms with Crippen LogP contribution in [0.4, 0.5) is 5.82 Å². The van der Waals surface area contributed by atoms with Crippen molar-refractivity contribution in [1.82, 2.24) is 14.9 Å². The lowest BCUT2D eigenvalue weighted by Gasteiger charge is -2.13. The highest BCUT2D eigenvalue weighted by molar-refractivity contribution is 8.00. The van der Waals surface area contributed by atoms with Crippen molar-refractivity contribution in [3.8, 4) is 5.69 Å². The molecule has 2 aromatic heterocycles. The number of fused-ring (bicyclic) bond motifs is 1. The molecule has 4 rings (SSSR count). The van der Waals surface area contributed by atoms with Gasteiger partial charge in [0.2, 0.25) is 5.91 Å².